The molecule has 0 saturated heterocycles. The summed E-state index contributed by atoms with van der Waals surface area (Å²) < 4.78 is 5.33. The number of thiazole rings is 1. The Hall–Kier alpha value is -0.450. The quantitative estimate of drug-likeness (QED) is 0.742. The molecule has 13 heavy (non-hydrogen) atoms. The molecule has 1 unspecified atom stereocenters. The first-order valence-corrected chi connectivity index (χ1v) is 5.26. The zero-order valence-corrected chi connectivity index (χ0v) is 8.80. The third kappa shape index (κ3) is 3.42. The van der Waals surface area contributed by atoms with Crippen molar-refractivity contribution >= 4 is 11.3 Å². The molecule has 3 nitrogen and oxygen atoms in total. The lowest BCUT2D eigenvalue weighted by atomic mass is 10.4. The van der Waals surface area contributed by atoms with E-state index in [4.69, 9.17) is 4.74 Å². The molecule has 1 heterocycles. The van der Waals surface area contributed by atoms with E-state index in [1.54, 1.807) is 13.1 Å². The molecule has 0 aliphatic heterocycles. The fraction of sp³-hybridized carbons (Fsp3) is 0.667. The lowest BCUT2D eigenvalue weighted by Crippen LogP contribution is -1.92. The van der Waals surface area contributed by atoms with Crippen LogP contribution in [0, 0.1) is 0 Å². The third-order valence-corrected chi connectivity index (χ3v) is 2.70. The molecule has 1 atom stereocenters. The summed E-state index contributed by atoms with van der Waals surface area (Å²) >= 11 is 1.51. The third-order valence-electron chi connectivity index (χ3n) is 1.56. The van der Waals surface area contributed by atoms with Crippen LogP contribution in [0.15, 0.2) is 6.20 Å². The molecule has 0 bridgehead atoms. The van der Waals surface area contributed by atoms with Crippen molar-refractivity contribution in [3.05, 3.63) is 16.1 Å². The lowest BCUT2D eigenvalue weighted by molar-refractivity contribution is 0.121. The molecule has 74 valence electrons. The maximum absolute atomic E-state index is 9.24. The van der Waals surface area contributed by atoms with E-state index >= 15 is 0 Å². The van der Waals surface area contributed by atoms with Gasteiger partial charge in [0.25, 0.3) is 0 Å². The van der Waals surface area contributed by atoms with Gasteiger partial charge in [-0.2, -0.15) is 0 Å². The van der Waals surface area contributed by atoms with Crippen molar-refractivity contribution in [3.8, 4) is 0 Å². The van der Waals surface area contributed by atoms with Gasteiger partial charge in [0.2, 0.25) is 0 Å². The Bertz CT molecular complexity index is 248. The number of ether oxygens (including phenoxy) is 1. The molecule has 1 N–H and O–H groups in total. The molecule has 0 spiro atoms. The first-order valence-electron chi connectivity index (χ1n) is 4.44. The second-order valence-electron chi connectivity index (χ2n) is 2.88. The van der Waals surface area contributed by atoms with E-state index in [-0.39, 0.29) is 0 Å². The predicted octanol–water partition coefficient (Wildman–Crippen LogP) is 2.12. The van der Waals surface area contributed by atoms with Crippen LogP contribution in [-0.4, -0.2) is 16.7 Å². The second kappa shape index (κ2) is 5.32. The monoisotopic (exact) mass is 201 g/mol. The van der Waals surface area contributed by atoms with Gasteiger partial charge in [-0.1, -0.05) is 6.92 Å². The van der Waals surface area contributed by atoms with Crippen molar-refractivity contribution in [2.75, 3.05) is 6.61 Å². The van der Waals surface area contributed by atoms with Crippen LogP contribution in [-0.2, 0) is 11.3 Å². The van der Waals surface area contributed by atoms with E-state index < -0.39 is 6.10 Å². The van der Waals surface area contributed by atoms with Gasteiger partial charge in [0, 0.05) is 12.8 Å². The minimum Gasteiger partial charge on any atom is -0.388 e. The molecule has 1 aromatic rings. The number of hydrogen-bond donors (Lipinski definition) is 1. The van der Waals surface area contributed by atoms with Gasteiger partial charge < -0.3 is 9.84 Å². The maximum Gasteiger partial charge on any atom is 0.119 e. The molecule has 0 saturated carbocycles. The summed E-state index contributed by atoms with van der Waals surface area (Å²) in [5, 5.41) is 10.2. The highest BCUT2D eigenvalue weighted by molar-refractivity contribution is 7.11. The van der Waals surface area contributed by atoms with Crippen molar-refractivity contribution in [2.45, 2.75) is 33.0 Å². The average Bonchev–Trinajstić information content (AvgIpc) is 2.53. The van der Waals surface area contributed by atoms with Gasteiger partial charge in [-0.3, -0.25) is 0 Å². The number of rotatable bonds is 5. The van der Waals surface area contributed by atoms with Crippen LogP contribution in [0.2, 0.25) is 0 Å². The molecule has 0 aliphatic rings. The van der Waals surface area contributed by atoms with Crippen molar-refractivity contribution in [1.82, 2.24) is 4.98 Å². The highest BCUT2D eigenvalue weighted by Gasteiger charge is 2.06. The molecule has 0 aliphatic carbocycles. The minimum atomic E-state index is -0.419. The van der Waals surface area contributed by atoms with Crippen LogP contribution in [0.5, 0.6) is 0 Å². The fourth-order valence-corrected chi connectivity index (χ4v) is 1.68. The molecule has 1 rings (SSSR count). The highest BCUT2D eigenvalue weighted by atomic mass is 32.1. The second-order valence-corrected chi connectivity index (χ2v) is 4.03. The first-order chi connectivity index (χ1) is 6.24. The highest BCUT2D eigenvalue weighted by Crippen LogP contribution is 2.20. The van der Waals surface area contributed by atoms with Crippen LogP contribution < -0.4 is 0 Å². The van der Waals surface area contributed by atoms with Crippen LogP contribution >= 0.6 is 11.3 Å². The maximum atomic E-state index is 9.24. The summed E-state index contributed by atoms with van der Waals surface area (Å²) in [5.41, 5.74) is 0. The van der Waals surface area contributed by atoms with Crippen molar-refractivity contribution in [1.29, 1.82) is 0 Å². The molecule has 0 radical (unpaired) electrons. The number of aliphatic hydroxyl groups excluding tert-OH is 1. The van der Waals surface area contributed by atoms with Gasteiger partial charge in [-0.05, 0) is 13.3 Å². The summed E-state index contributed by atoms with van der Waals surface area (Å²) in [6.45, 7) is 5.14. The van der Waals surface area contributed by atoms with E-state index in [2.05, 4.69) is 11.9 Å². The first kappa shape index (κ1) is 10.6. The zero-order chi connectivity index (χ0) is 9.68. The van der Waals surface area contributed by atoms with Crippen molar-refractivity contribution < 1.29 is 9.84 Å². The largest absolute Gasteiger partial charge is 0.388 e. The number of aromatic nitrogens is 1. The number of hydrogen-bond acceptors (Lipinski definition) is 4. The topological polar surface area (TPSA) is 42.4 Å². The van der Waals surface area contributed by atoms with E-state index in [9.17, 15) is 5.11 Å². The van der Waals surface area contributed by atoms with Gasteiger partial charge in [-0.15, -0.1) is 11.3 Å². The number of aliphatic hydroxyl groups is 1. The van der Waals surface area contributed by atoms with E-state index in [0.717, 1.165) is 22.9 Å². The van der Waals surface area contributed by atoms with Crippen LogP contribution in [0.25, 0.3) is 0 Å². The summed E-state index contributed by atoms with van der Waals surface area (Å²) in [7, 11) is 0. The zero-order valence-electron chi connectivity index (χ0n) is 7.99. The Morgan fingerprint density at radius 3 is 3.00 bits per heavy atom. The molecule has 0 fully saturated rings. The normalized spacial score (nSPS) is 13.2. The molecule has 1 aromatic heterocycles. The molecular weight excluding hydrogens is 186 g/mol. The number of nitrogens with zero attached hydrogens (tertiary/aromatic N) is 1. The van der Waals surface area contributed by atoms with Gasteiger partial charge in [0.05, 0.1) is 17.6 Å². The van der Waals surface area contributed by atoms with Gasteiger partial charge in [-0.25, -0.2) is 4.98 Å². The Balaban J connectivity index is 2.40. The molecular formula is C9H15NO2S. The van der Waals surface area contributed by atoms with E-state index in [0.29, 0.717) is 6.61 Å². The van der Waals surface area contributed by atoms with Crippen molar-refractivity contribution in [2.24, 2.45) is 0 Å². The standard InChI is InChI=1S/C9H15NO2S/c1-3-4-12-6-9-10-5-8(13-9)7(2)11/h5,7,11H,3-4,6H2,1-2H3. The Morgan fingerprint density at radius 1 is 1.69 bits per heavy atom. The van der Waals surface area contributed by atoms with Crippen molar-refractivity contribution in [3.63, 3.8) is 0 Å². The summed E-state index contributed by atoms with van der Waals surface area (Å²) in [6, 6.07) is 0. The summed E-state index contributed by atoms with van der Waals surface area (Å²) in [5.74, 6) is 0. The predicted molar refractivity (Wildman–Crippen MR) is 52.7 cm³/mol. The smallest absolute Gasteiger partial charge is 0.119 e. The molecule has 4 heteroatoms. The Morgan fingerprint density at radius 2 is 2.46 bits per heavy atom. The van der Waals surface area contributed by atoms with Crippen LogP contribution in [0.3, 0.4) is 0 Å². The molecule has 0 amide bonds. The molecule has 0 aromatic carbocycles. The lowest BCUT2D eigenvalue weighted by Gasteiger charge is -1.98. The summed E-state index contributed by atoms with van der Waals surface area (Å²) in [6.07, 6.45) is 2.31. The summed E-state index contributed by atoms with van der Waals surface area (Å²) in [4.78, 5) is 5.04. The Kier molecular flexibility index (Phi) is 4.35. The SMILES string of the molecule is CCCOCc1ncc(C(C)O)s1. The minimum absolute atomic E-state index is 0.419. The van der Waals surface area contributed by atoms with E-state index in [1.807, 2.05) is 0 Å². The van der Waals surface area contributed by atoms with Gasteiger partial charge >= 0.3 is 0 Å². The Labute approximate surface area is 82.4 Å². The fourth-order valence-electron chi connectivity index (χ4n) is 0.888. The van der Waals surface area contributed by atoms with Crippen LogP contribution in [0.1, 0.15) is 36.3 Å². The van der Waals surface area contributed by atoms with Crippen LogP contribution in [0.4, 0.5) is 0 Å². The van der Waals surface area contributed by atoms with Gasteiger partial charge in [0.15, 0.2) is 0 Å². The van der Waals surface area contributed by atoms with Gasteiger partial charge in [0.1, 0.15) is 5.01 Å². The van der Waals surface area contributed by atoms with E-state index in [1.165, 1.54) is 11.3 Å². The average molecular weight is 201 g/mol.